The zero-order valence-corrected chi connectivity index (χ0v) is 18.9. The summed E-state index contributed by atoms with van der Waals surface area (Å²) in [6, 6.07) is 24.7. The van der Waals surface area contributed by atoms with Crippen molar-refractivity contribution in [1.29, 1.82) is 0 Å². The van der Waals surface area contributed by atoms with Gasteiger partial charge in [-0.2, -0.15) is 0 Å². The Labute approximate surface area is 202 Å². The number of hydrogen-bond donors (Lipinski definition) is 1. The number of carbonyl (C=O) groups excluding carboxylic acids is 3. The van der Waals surface area contributed by atoms with Crippen LogP contribution in [0.3, 0.4) is 0 Å². The molecule has 1 saturated heterocycles. The minimum atomic E-state index is -1.61. The van der Waals surface area contributed by atoms with Crippen LogP contribution in [0, 0.1) is 0 Å². The molecule has 0 radical (unpaired) electrons. The second-order valence-electron chi connectivity index (χ2n) is 7.94. The Bertz CT molecular complexity index is 1150. The van der Waals surface area contributed by atoms with Crippen LogP contribution in [0.25, 0.3) is 0 Å². The Morgan fingerprint density at radius 2 is 1.09 bits per heavy atom. The SMILES string of the molecule is C[C@@H](OC(=O)c1ccccc1)[C@@H]1O[C@@H](O)[C@H](OC(=O)c2ccccc2)[C@H]1OC(=O)c1ccccc1. The first-order valence-electron chi connectivity index (χ1n) is 11.1. The van der Waals surface area contributed by atoms with Crippen LogP contribution >= 0.6 is 0 Å². The Hall–Kier alpha value is -4.01. The van der Waals surface area contributed by atoms with E-state index in [1.807, 2.05) is 0 Å². The first-order chi connectivity index (χ1) is 16.9. The van der Waals surface area contributed by atoms with Crippen molar-refractivity contribution < 1.29 is 38.4 Å². The van der Waals surface area contributed by atoms with E-state index in [0.29, 0.717) is 5.56 Å². The van der Waals surface area contributed by atoms with Crippen molar-refractivity contribution in [3.63, 3.8) is 0 Å². The smallest absolute Gasteiger partial charge is 0.338 e. The van der Waals surface area contributed by atoms with Gasteiger partial charge in [-0.15, -0.1) is 0 Å². The molecule has 0 bridgehead atoms. The van der Waals surface area contributed by atoms with Crippen LogP contribution in [-0.2, 0) is 18.9 Å². The van der Waals surface area contributed by atoms with Crippen molar-refractivity contribution in [2.24, 2.45) is 0 Å². The molecule has 1 fully saturated rings. The fraction of sp³-hybridized carbons (Fsp3) is 0.222. The van der Waals surface area contributed by atoms with Crippen molar-refractivity contribution in [2.45, 2.75) is 37.6 Å². The predicted molar refractivity (Wildman–Crippen MR) is 123 cm³/mol. The number of benzene rings is 3. The summed E-state index contributed by atoms with van der Waals surface area (Å²) in [5, 5.41) is 10.6. The van der Waals surface area contributed by atoms with Gasteiger partial charge in [0, 0.05) is 0 Å². The summed E-state index contributed by atoms with van der Waals surface area (Å²) in [4.78, 5) is 38.0. The van der Waals surface area contributed by atoms with Gasteiger partial charge in [0.2, 0.25) is 0 Å². The van der Waals surface area contributed by atoms with Crippen molar-refractivity contribution in [3.8, 4) is 0 Å². The van der Waals surface area contributed by atoms with Gasteiger partial charge in [0.25, 0.3) is 0 Å². The lowest BCUT2D eigenvalue weighted by Crippen LogP contribution is -2.44. The molecule has 1 heterocycles. The molecule has 0 unspecified atom stereocenters. The second kappa shape index (κ2) is 10.9. The zero-order chi connectivity index (χ0) is 24.8. The van der Waals surface area contributed by atoms with E-state index < -0.39 is 48.6 Å². The maximum Gasteiger partial charge on any atom is 0.338 e. The fourth-order valence-corrected chi connectivity index (χ4v) is 3.71. The van der Waals surface area contributed by atoms with Gasteiger partial charge in [-0.1, -0.05) is 54.6 Å². The molecule has 0 spiro atoms. The molecule has 1 N–H and O–H groups in total. The van der Waals surface area contributed by atoms with Crippen molar-refractivity contribution >= 4 is 17.9 Å². The second-order valence-corrected chi connectivity index (χ2v) is 7.94. The highest BCUT2D eigenvalue weighted by molar-refractivity contribution is 5.91. The molecule has 3 aromatic carbocycles. The predicted octanol–water partition coefficient (Wildman–Crippen LogP) is 3.40. The fourth-order valence-electron chi connectivity index (χ4n) is 3.71. The molecule has 180 valence electrons. The molecule has 0 amide bonds. The molecule has 8 heteroatoms. The lowest BCUT2D eigenvalue weighted by Gasteiger charge is -2.26. The van der Waals surface area contributed by atoms with Gasteiger partial charge in [0.05, 0.1) is 16.7 Å². The molecule has 0 aliphatic carbocycles. The van der Waals surface area contributed by atoms with E-state index in [2.05, 4.69) is 0 Å². The van der Waals surface area contributed by atoms with Gasteiger partial charge < -0.3 is 24.1 Å². The van der Waals surface area contributed by atoms with E-state index in [1.165, 1.54) is 0 Å². The Balaban J connectivity index is 1.55. The number of esters is 3. The quantitative estimate of drug-likeness (QED) is 0.408. The average Bonchev–Trinajstić information content (AvgIpc) is 3.20. The van der Waals surface area contributed by atoms with E-state index in [1.54, 1.807) is 97.9 Å². The van der Waals surface area contributed by atoms with Crippen LogP contribution in [0.1, 0.15) is 38.0 Å². The van der Waals surface area contributed by atoms with Crippen LogP contribution in [0.5, 0.6) is 0 Å². The van der Waals surface area contributed by atoms with Crippen LogP contribution in [0.15, 0.2) is 91.0 Å². The highest BCUT2D eigenvalue weighted by Gasteiger charge is 2.52. The Morgan fingerprint density at radius 1 is 0.686 bits per heavy atom. The molecule has 35 heavy (non-hydrogen) atoms. The van der Waals surface area contributed by atoms with Gasteiger partial charge in [0.15, 0.2) is 18.5 Å². The lowest BCUT2D eigenvalue weighted by molar-refractivity contribution is -0.146. The molecule has 5 atom stereocenters. The first kappa shape index (κ1) is 24.1. The van der Waals surface area contributed by atoms with Gasteiger partial charge in [0.1, 0.15) is 12.2 Å². The van der Waals surface area contributed by atoms with Gasteiger partial charge >= 0.3 is 17.9 Å². The molecule has 3 aromatic rings. The monoisotopic (exact) mass is 476 g/mol. The van der Waals surface area contributed by atoms with Crippen molar-refractivity contribution in [3.05, 3.63) is 108 Å². The molecule has 8 nitrogen and oxygen atoms in total. The standard InChI is InChI=1S/C27H24O8/c1-17(32-24(28)18-11-5-2-6-12-18)21-22(34-25(29)19-13-7-3-8-14-19)23(27(31)33-21)35-26(30)20-15-9-4-10-16-20/h2-17,21-23,27,31H,1H3/t17-,21+,22+,23-,27-/m1/s1. The number of aliphatic hydroxyl groups is 1. The van der Waals surface area contributed by atoms with E-state index in [0.717, 1.165) is 0 Å². The van der Waals surface area contributed by atoms with Gasteiger partial charge in [-0.05, 0) is 43.3 Å². The van der Waals surface area contributed by atoms with Crippen molar-refractivity contribution in [2.75, 3.05) is 0 Å². The van der Waals surface area contributed by atoms with Crippen LogP contribution in [0.2, 0.25) is 0 Å². The number of ether oxygens (including phenoxy) is 4. The van der Waals surface area contributed by atoms with Gasteiger partial charge in [-0.3, -0.25) is 0 Å². The number of hydrogen-bond acceptors (Lipinski definition) is 8. The normalized spacial score (nSPS) is 22.1. The summed E-state index contributed by atoms with van der Waals surface area (Å²) in [7, 11) is 0. The number of carbonyl (C=O) groups is 3. The van der Waals surface area contributed by atoms with Crippen molar-refractivity contribution in [1.82, 2.24) is 0 Å². The first-order valence-corrected chi connectivity index (χ1v) is 11.1. The largest absolute Gasteiger partial charge is 0.456 e. The third-order valence-corrected chi connectivity index (χ3v) is 5.50. The van der Waals surface area contributed by atoms with E-state index >= 15 is 0 Å². The molecular formula is C27H24O8. The number of aliphatic hydroxyl groups excluding tert-OH is 1. The van der Waals surface area contributed by atoms with Crippen LogP contribution in [-0.4, -0.2) is 53.7 Å². The van der Waals surface area contributed by atoms with E-state index in [9.17, 15) is 19.5 Å². The summed E-state index contributed by atoms with van der Waals surface area (Å²) in [6.07, 6.45) is -6.26. The summed E-state index contributed by atoms with van der Waals surface area (Å²) < 4.78 is 22.2. The summed E-state index contributed by atoms with van der Waals surface area (Å²) in [5.74, 6) is -2.05. The average molecular weight is 476 g/mol. The molecular weight excluding hydrogens is 452 g/mol. The molecule has 1 aliphatic heterocycles. The highest BCUT2D eigenvalue weighted by atomic mass is 16.7. The summed E-state index contributed by atoms with van der Waals surface area (Å²) in [6.45, 7) is 1.54. The minimum absolute atomic E-state index is 0.250. The topological polar surface area (TPSA) is 108 Å². The van der Waals surface area contributed by atoms with E-state index in [4.69, 9.17) is 18.9 Å². The van der Waals surface area contributed by atoms with Gasteiger partial charge in [-0.25, -0.2) is 14.4 Å². The molecule has 4 rings (SSSR count). The maximum absolute atomic E-state index is 12.8. The maximum atomic E-state index is 12.8. The highest BCUT2D eigenvalue weighted by Crippen LogP contribution is 2.30. The molecule has 1 aliphatic rings. The molecule has 0 aromatic heterocycles. The third-order valence-electron chi connectivity index (χ3n) is 5.50. The Morgan fingerprint density at radius 3 is 1.54 bits per heavy atom. The van der Waals surface area contributed by atoms with Crippen LogP contribution in [0.4, 0.5) is 0 Å². The number of rotatable bonds is 7. The van der Waals surface area contributed by atoms with E-state index in [-0.39, 0.29) is 11.1 Å². The molecule has 0 saturated carbocycles. The van der Waals surface area contributed by atoms with Crippen LogP contribution < -0.4 is 0 Å². The lowest BCUT2D eigenvalue weighted by atomic mass is 10.1. The Kier molecular flexibility index (Phi) is 7.54. The summed E-state index contributed by atoms with van der Waals surface area (Å²) >= 11 is 0. The minimum Gasteiger partial charge on any atom is -0.456 e. The summed E-state index contributed by atoms with van der Waals surface area (Å²) in [5.41, 5.74) is 0.831. The third kappa shape index (κ3) is 5.74. The zero-order valence-electron chi connectivity index (χ0n) is 18.9.